The van der Waals surface area contributed by atoms with Gasteiger partial charge in [-0.05, 0) is 49.6 Å². The molecule has 0 saturated heterocycles. The maximum Gasteiger partial charge on any atom is 0.251 e. The quantitative estimate of drug-likeness (QED) is 0.793. The fourth-order valence-electron chi connectivity index (χ4n) is 1.77. The monoisotopic (exact) mass is 264 g/mol. The highest BCUT2D eigenvalue weighted by atomic mass is 16.5. The van der Waals surface area contributed by atoms with Crippen LogP contribution in [0.2, 0.25) is 0 Å². The number of hydrogen-bond donors (Lipinski definition) is 2. The first-order chi connectivity index (χ1) is 8.98. The van der Waals surface area contributed by atoms with Crippen LogP contribution in [-0.2, 0) is 0 Å². The summed E-state index contributed by atoms with van der Waals surface area (Å²) in [5.41, 5.74) is 6.22. The Morgan fingerprint density at radius 1 is 1.32 bits per heavy atom. The zero-order chi connectivity index (χ0) is 14.3. The van der Waals surface area contributed by atoms with Crippen molar-refractivity contribution in [3.05, 3.63) is 29.8 Å². The van der Waals surface area contributed by atoms with Gasteiger partial charge in [0.2, 0.25) is 0 Å². The summed E-state index contributed by atoms with van der Waals surface area (Å²) in [4.78, 5) is 12.0. The lowest BCUT2D eigenvalue weighted by molar-refractivity contribution is 0.0935. The van der Waals surface area contributed by atoms with Gasteiger partial charge in [0.1, 0.15) is 5.75 Å². The smallest absolute Gasteiger partial charge is 0.251 e. The van der Waals surface area contributed by atoms with Crippen molar-refractivity contribution in [1.29, 1.82) is 0 Å². The van der Waals surface area contributed by atoms with Crippen molar-refractivity contribution in [3.63, 3.8) is 0 Å². The Hall–Kier alpha value is -1.55. The SMILES string of the molecule is CCOc1ccc(C(=O)NCC(C)(C)CCN)cc1. The van der Waals surface area contributed by atoms with Gasteiger partial charge < -0.3 is 15.8 Å². The predicted octanol–water partition coefficient (Wildman–Crippen LogP) is 2.19. The Balaban J connectivity index is 2.53. The normalized spacial score (nSPS) is 11.2. The molecule has 4 heteroatoms. The molecule has 0 radical (unpaired) electrons. The third kappa shape index (κ3) is 5.30. The van der Waals surface area contributed by atoms with Gasteiger partial charge >= 0.3 is 0 Å². The molecule has 0 spiro atoms. The van der Waals surface area contributed by atoms with E-state index >= 15 is 0 Å². The van der Waals surface area contributed by atoms with Crippen LogP contribution in [0.5, 0.6) is 5.75 Å². The maximum absolute atomic E-state index is 12.0. The van der Waals surface area contributed by atoms with E-state index in [2.05, 4.69) is 19.2 Å². The fourth-order valence-corrected chi connectivity index (χ4v) is 1.77. The van der Waals surface area contributed by atoms with Gasteiger partial charge in [-0.3, -0.25) is 4.79 Å². The van der Waals surface area contributed by atoms with Crippen LogP contribution in [0.4, 0.5) is 0 Å². The van der Waals surface area contributed by atoms with E-state index in [9.17, 15) is 4.79 Å². The van der Waals surface area contributed by atoms with Crippen LogP contribution < -0.4 is 15.8 Å². The molecular weight excluding hydrogens is 240 g/mol. The summed E-state index contributed by atoms with van der Waals surface area (Å²) in [6.07, 6.45) is 0.885. The van der Waals surface area contributed by atoms with Gasteiger partial charge in [-0.25, -0.2) is 0 Å². The molecule has 1 aromatic carbocycles. The first-order valence-electron chi connectivity index (χ1n) is 6.69. The molecule has 0 aliphatic carbocycles. The maximum atomic E-state index is 12.0. The number of benzene rings is 1. The second kappa shape index (κ2) is 7.14. The second-order valence-electron chi connectivity index (χ2n) is 5.34. The Morgan fingerprint density at radius 3 is 2.47 bits per heavy atom. The molecule has 0 unspecified atom stereocenters. The number of amides is 1. The first-order valence-corrected chi connectivity index (χ1v) is 6.69. The predicted molar refractivity (Wildman–Crippen MR) is 77.4 cm³/mol. The lowest BCUT2D eigenvalue weighted by Crippen LogP contribution is -2.35. The third-order valence-electron chi connectivity index (χ3n) is 2.98. The van der Waals surface area contributed by atoms with Crippen LogP contribution in [-0.4, -0.2) is 25.6 Å². The van der Waals surface area contributed by atoms with Crippen LogP contribution in [0.25, 0.3) is 0 Å². The summed E-state index contributed by atoms with van der Waals surface area (Å²) in [5.74, 6) is 0.718. The minimum absolute atomic E-state index is 0.0235. The van der Waals surface area contributed by atoms with Crippen molar-refractivity contribution in [1.82, 2.24) is 5.32 Å². The molecule has 3 N–H and O–H groups in total. The minimum Gasteiger partial charge on any atom is -0.494 e. The van der Waals surface area contributed by atoms with Crippen molar-refractivity contribution < 1.29 is 9.53 Å². The minimum atomic E-state index is -0.0619. The standard InChI is InChI=1S/C15H24N2O2/c1-4-19-13-7-5-12(6-8-13)14(18)17-11-15(2,3)9-10-16/h5-8H,4,9-11,16H2,1-3H3,(H,17,18). The van der Waals surface area contributed by atoms with Crippen molar-refractivity contribution in [3.8, 4) is 5.75 Å². The molecule has 0 fully saturated rings. The van der Waals surface area contributed by atoms with E-state index in [-0.39, 0.29) is 11.3 Å². The van der Waals surface area contributed by atoms with Gasteiger partial charge in [0, 0.05) is 12.1 Å². The highest BCUT2D eigenvalue weighted by molar-refractivity contribution is 5.94. The number of nitrogens with one attached hydrogen (secondary N) is 1. The van der Waals surface area contributed by atoms with Crippen LogP contribution in [0.1, 0.15) is 37.6 Å². The topological polar surface area (TPSA) is 64.3 Å². The number of nitrogens with two attached hydrogens (primary N) is 1. The molecule has 1 rings (SSSR count). The average molecular weight is 264 g/mol. The fraction of sp³-hybridized carbons (Fsp3) is 0.533. The summed E-state index contributed by atoms with van der Waals surface area (Å²) < 4.78 is 5.34. The molecular formula is C15H24N2O2. The molecule has 0 aliphatic rings. The van der Waals surface area contributed by atoms with E-state index in [0.717, 1.165) is 12.2 Å². The summed E-state index contributed by atoms with van der Waals surface area (Å²) in [7, 11) is 0. The lowest BCUT2D eigenvalue weighted by atomic mass is 9.89. The molecule has 0 aliphatic heterocycles. The zero-order valence-electron chi connectivity index (χ0n) is 12.0. The van der Waals surface area contributed by atoms with Gasteiger partial charge in [0.05, 0.1) is 6.61 Å². The molecule has 106 valence electrons. The lowest BCUT2D eigenvalue weighted by Gasteiger charge is -2.24. The van der Waals surface area contributed by atoms with E-state index in [1.807, 2.05) is 19.1 Å². The van der Waals surface area contributed by atoms with Crippen molar-refractivity contribution in [2.45, 2.75) is 27.2 Å². The van der Waals surface area contributed by atoms with E-state index in [1.54, 1.807) is 12.1 Å². The van der Waals surface area contributed by atoms with Crippen LogP contribution in [0.3, 0.4) is 0 Å². The molecule has 0 saturated carbocycles. The Kier molecular flexibility index (Phi) is 5.83. The Morgan fingerprint density at radius 2 is 1.95 bits per heavy atom. The molecule has 0 heterocycles. The number of carbonyl (C=O) groups is 1. The van der Waals surface area contributed by atoms with E-state index in [1.165, 1.54) is 0 Å². The molecule has 1 amide bonds. The number of ether oxygens (including phenoxy) is 1. The second-order valence-corrected chi connectivity index (χ2v) is 5.34. The van der Waals surface area contributed by atoms with Crippen LogP contribution in [0, 0.1) is 5.41 Å². The average Bonchev–Trinajstić information content (AvgIpc) is 2.37. The summed E-state index contributed by atoms with van der Waals surface area (Å²) in [5, 5.41) is 2.94. The molecule has 19 heavy (non-hydrogen) atoms. The van der Waals surface area contributed by atoms with E-state index in [0.29, 0.717) is 25.3 Å². The number of rotatable bonds is 7. The molecule has 1 aromatic rings. The van der Waals surface area contributed by atoms with Gasteiger partial charge in [-0.15, -0.1) is 0 Å². The summed E-state index contributed by atoms with van der Waals surface area (Å²) in [6, 6.07) is 7.17. The van der Waals surface area contributed by atoms with Crippen LogP contribution in [0.15, 0.2) is 24.3 Å². The van der Waals surface area contributed by atoms with E-state index < -0.39 is 0 Å². The van der Waals surface area contributed by atoms with Gasteiger partial charge in [-0.1, -0.05) is 13.8 Å². The number of hydrogen-bond acceptors (Lipinski definition) is 3. The highest BCUT2D eigenvalue weighted by Gasteiger charge is 2.18. The zero-order valence-corrected chi connectivity index (χ0v) is 12.0. The summed E-state index contributed by atoms with van der Waals surface area (Å²) in [6.45, 7) is 8.00. The highest BCUT2D eigenvalue weighted by Crippen LogP contribution is 2.18. The molecule has 4 nitrogen and oxygen atoms in total. The van der Waals surface area contributed by atoms with Gasteiger partial charge in [0.25, 0.3) is 5.91 Å². The third-order valence-corrected chi connectivity index (χ3v) is 2.98. The molecule has 0 bridgehead atoms. The van der Waals surface area contributed by atoms with Gasteiger partial charge in [-0.2, -0.15) is 0 Å². The van der Waals surface area contributed by atoms with Crippen molar-refractivity contribution in [2.24, 2.45) is 11.1 Å². The van der Waals surface area contributed by atoms with E-state index in [4.69, 9.17) is 10.5 Å². The first kappa shape index (κ1) is 15.5. The molecule has 0 aromatic heterocycles. The largest absolute Gasteiger partial charge is 0.494 e. The van der Waals surface area contributed by atoms with Crippen molar-refractivity contribution >= 4 is 5.91 Å². The number of carbonyl (C=O) groups excluding carboxylic acids is 1. The molecule has 0 atom stereocenters. The Bertz CT molecular complexity index is 399. The summed E-state index contributed by atoms with van der Waals surface area (Å²) >= 11 is 0. The van der Waals surface area contributed by atoms with Crippen molar-refractivity contribution in [2.75, 3.05) is 19.7 Å². The van der Waals surface area contributed by atoms with Crippen LogP contribution >= 0.6 is 0 Å². The van der Waals surface area contributed by atoms with Gasteiger partial charge in [0.15, 0.2) is 0 Å². The Labute approximate surface area is 115 Å².